The minimum atomic E-state index is 0.776. The van der Waals surface area contributed by atoms with Crippen LogP contribution in [0, 0.1) is 0 Å². The average molecular weight is 408 g/mol. The van der Waals surface area contributed by atoms with Crippen LogP contribution < -0.4 is 4.74 Å². The molecule has 0 saturated carbocycles. The molecule has 0 amide bonds. The summed E-state index contributed by atoms with van der Waals surface area (Å²) in [6.45, 7) is 0.783. The zero-order valence-electron chi connectivity index (χ0n) is 16.7. The number of pyridine rings is 1. The molecule has 0 fully saturated rings. The van der Waals surface area contributed by atoms with Crippen LogP contribution in [0.25, 0.3) is 22.6 Å². The summed E-state index contributed by atoms with van der Waals surface area (Å²) in [5, 5.41) is 10.6. The standard InChI is InChI=1S/C24H20N6O/c1-2-7-20(8-3-1)31-24-9-5-4-6-18(24)11-13-30-16-23(26-17-30)21-14-19(10-12-25-21)22-15-27-29-28-22/h1-10,12,14-17H,11,13H2,(H,27,28,29). The molecule has 0 unspecified atom stereocenters. The van der Waals surface area contributed by atoms with Crippen molar-refractivity contribution in [1.29, 1.82) is 0 Å². The molecular formula is C24H20N6O. The molecule has 1 N–H and O–H groups in total. The van der Waals surface area contributed by atoms with Gasteiger partial charge in [0.05, 0.1) is 12.0 Å². The van der Waals surface area contributed by atoms with E-state index in [4.69, 9.17) is 4.74 Å². The van der Waals surface area contributed by atoms with E-state index in [-0.39, 0.29) is 0 Å². The minimum absolute atomic E-state index is 0.776. The predicted molar refractivity (Wildman–Crippen MR) is 117 cm³/mol. The van der Waals surface area contributed by atoms with Gasteiger partial charge < -0.3 is 9.30 Å². The molecule has 7 heteroatoms. The lowest BCUT2D eigenvalue weighted by Crippen LogP contribution is -2.00. The fourth-order valence-corrected chi connectivity index (χ4v) is 3.36. The monoisotopic (exact) mass is 408 g/mol. The maximum absolute atomic E-state index is 6.07. The molecular weight excluding hydrogens is 388 g/mol. The van der Waals surface area contributed by atoms with Gasteiger partial charge in [0.15, 0.2) is 0 Å². The second-order valence-corrected chi connectivity index (χ2v) is 7.06. The molecule has 0 saturated heterocycles. The van der Waals surface area contributed by atoms with E-state index in [2.05, 4.69) is 36.0 Å². The number of nitrogens with one attached hydrogen (secondary N) is 1. The smallest absolute Gasteiger partial charge is 0.130 e. The first-order valence-electron chi connectivity index (χ1n) is 10.0. The molecule has 0 atom stereocenters. The van der Waals surface area contributed by atoms with Crippen LogP contribution in [-0.4, -0.2) is 29.9 Å². The second-order valence-electron chi connectivity index (χ2n) is 7.06. The van der Waals surface area contributed by atoms with E-state index in [0.29, 0.717) is 0 Å². The van der Waals surface area contributed by atoms with Crippen molar-refractivity contribution in [3.63, 3.8) is 0 Å². The van der Waals surface area contributed by atoms with E-state index >= 15 is 0 Å². The van der Waals surface area contributed by atoms with Gasteiger partial charge in [-0.1, -0.05) is 41.6 Å². The number of para-hydroxylation sites is 2. The van der Waals surface area contributed by atoms with Crippen LogP contribution in [0.2, 0.25) is 0 Å². The van der Waals surface area contributed by atoms with Crippen LogP contribution in [0.5, 0.6) is 11.5 Å². The molecule has 3 heterocycles. The summed E-state index contributed by atoms with van der Waals surface area (Å²) in [6, 6.07) is 21.8. The van der Waals surface area contributed by atoms with Gasteiger partial charge in [-0.2, -0.15) is 0 Å². The number of aromatic amines is 1. The Morgan fingerprint density at radius 1 is 0.871 bits per heavy atom. The van der Waals surface area contributed by atoms with Crippen molar-refractivity contribution in [2.24, 2.45) is 0 Å². The number of benzene rings is 2. The van der Waals surface area contributed by atoms with Gasteiger partial charge in [-0.25, -0.2) is 4.98 Å². The molecule has 5 rings (SSSR count). The van der Waals surface area contributed by atoms with Crippen molar-refractivity contribution in [2.75, 3.05) is 0 Å². The van der Waals surface area contributed by atoms with E-state index in [1.807, 2.05) is 73.2 Å². The first-order valence-corrected chi connectivity index (χ1v) is 10.0. The van der Waals surface area contributed by atoms with Crippen molar-refractivity contribution in [3.8, 4) is 34.1 Å². The van der Waals surface area contributed by atoms with Gasteiger partial charge in [-0.05, 0) is 42.3 Å². The molecule has 0 aliphatic rings. The summed E-state index contributed by atoms with van der Waals surface area (Å²) in [6.07, 6.45) is 8.18. The number of hydrogen-bond acceptors (Lipinski definition) is 5. The van der Waals surface area contributed by atoms with E-state index in [1.54, 1.807) is 12.4 Å². The summed E-state index contributed by atoms with van der Waals surface area (Å²) in [7, 11) is 0. The Kier molecular flexibility index (Phi) is 5.22. The lowest BCUT2D eigenvalue weighted by Gasteiger charge is -2.11. The number of hydrogen-bond donors (Lipinski definition) is 1. The van der Waals surface area contributed by atoms with Crippen LogP contribution in [0.3, 0.4) is 0 Å². The van der Waals surface area contributed by atoms with Gasteiger partial charge in [0.1, 0.15) is 22.9 Å². The third-order valence-corrected chi connectivity index (χ3v) is 4.95. The summed E-state index contributed by atoms with van der Waals surface area (Å²) in [5.74, 6) is 1.70. The summed E-state index contributed by atoms with van der Waals surface area (Å²) >= 11 is 0. The lowest BCUT2D eigenvalue weighted by molar-refractivity contribution is 0.474. The molecule has 0 aliphatic heterocycles. The lowest BCUT2D eigenvalue weighted by atomic mass is 10.1. The number of imidazole rings is 1. The molecule has 7 nitrogen and oxygen atoms in total. The number of nitrogens with zero attached hydrogens (tertiary/aromatic N) is 5. The number of H-pyrrole nitrogens is 1. The fourth-order valence-electron chi connectivity index (χ4n) is 3.36. The molecule has 152 valence electrons. The highest BCUT2D eigenvalue weighted by Crippen LogP contribution is 2.26. The third kappa shape index (κ3) is 4.35. The zero-order valence-corrected chi connectivity index (χ0v) is 16.7. The van der Waals surface area contributed by atoms with Crippen molar-refractivity contribution in [2.45, 2.75) is 13.0 Å². The molecule has 2 aromatic carbocycles. The molecule has 0 radical (unpaired) electrons. The van der Waals surface area contributed by atoms with E-state index in [0.717, 1.165) is 52.7 Å². The molecule has 5 aromatic rings. The Morgan fingerprint density at radius 2 is 1.74 bits per heavy atom. The van der Waals surface area contributed by atoms with Gasteiger partial charge in [-0.15, -0.1) is 5.10 Å². The maximum Gasteiger partial charge on any atom is 0.130 e. The van der Waals surface area contributed by atoms with E-state index < -0.39 is 0 Å². The van der Waals surface area contributed by atoms with Gasteiger partial charge in [0.25, 0.3) is 0 Å². The third-order valence-electron chi connectivity index (χ3n) is 4.95. The normalized spacial score (nSPS) is 10.8. The summed E-state index contributed by atoms with van der Waals surface area (Å²) in [5.41, 5.74) is 4.48. The molecule has 31 heavy (non-hydrogen) atoms. The zero-order chi connectivity index (χ0) is 20.9. The molecule has 3 aromatic heterocycles. The van der Waals surface area contributed by atoms with Crippen LogP contribution in [0.1, 0.15) is 5.56 Å². The van der Waals surface area contributed by atoms with Gasteiger partial charge in [-0.3, -0.25) is 10.1 Å². The summed E-state index contributed by atoms with van der Waals surface area (Å²) in [4.78, 5) is 8.99. The van der Waals surface area contributed by atoms with Gasteiger partial charge >= 0.3 is 0 Å². The second kappa shape index (κ2) is 8.62. The fraction of sp³-hybridized carbons (Fsp3) is 0.0833. The Labute approximate surface area is 179 Å². The number of aryl methyl sites for hydroxylation is 2. The largest absolute Gasteiger partial charge is 0.457 e. The Balaban J connectivity index is 1.30. The van der Waals surface area contributed by atoms with E-state index in [1.165, 1.54) is 0 Å². The number of rotatable bonds is 7. The Morgan fingerprint density at radius 3 is 2.61 bits per heavy atom. The van der Waals surface area contributed by atoms with Crippen molar-refractivity contribution in [3.05, 3.63) is 97.2 Å². The van der Waals surface area contributed by atoms with Crippen LogP contribution >= 0.6 is 0 Å². The topological polar surface area (TPSA) is 81.5 Å². The van der Waals surface area contributed by atoms with Crippen molar-refractivity contribution >= 4 is 0 Å². The van der Waals surface area contributed by atoms with Crippen LogP contribution in [-0.2, 0) is 13.0 Å². The Bertz CT molecular complexity index is 1260. The molecule has 0 bridgehead atoms. The van der Waals surface area contributed by atoms with Gasteiger partial charge in [0, 0.05) is 30.7 Å². The SMILES string of the molecule is c1ccc(Oc2ccccc2CCn2cnc(-c3cc(-c4c[nH]nn4)ccn3)c2)cc1. The predicted octanol–water partition coefficient (Wildman–Crippen LogP) is 4.77. The Hall–Kier alpha value is -4.26. The number of aromatic nitrogens is 6. The highest BCUT2D eigenvalue weighted by molar-refractivity contribution is 5.65. The van der Waals surface area contributed by atoms with E-state index in [9.17, 15) is 0 Å². The first kappa shape index (κ1) is 18.7. The number of ether oxygens (including phenoxy) is 1. The first-order chi connectivity index (χ1) is 15.3. The quantitative estimate of drug-likeness (QED) is 0.420. The van der Waals surface area contributed by atoms with Crippen LogP contribution in [0.15, 0.2) is 91.6 Å². The maximum atomic E-state index is 6.07. The van der Waals surface area contributed by atoms with Gasteiger partial charge in [0.2, 0.25) is 0 Å². The average Bonchev–Trinajstić information content (AvgIpc) is 3.52. The molecule has 0 spiro atoms. The highest BCUT2D eigenvalue weighted by Gasteiger charge is 2.09. The van der Waals surface area contributed by atoms with Crippen molar-refractivity contribution in [1.82, 2.24) is 29.9 Å². The highest BCUT2D eigenvalue weighted by atomic mass is 16.5. The van der Waals surface area contributed by atoms with Crippen LogP contribution in [0.4, 0.5) is 0 Å². The minimum Gasteiger partial charge on any atom is -0.457 e. The molecule has 0 aliphatic carbocycles. The van der Waals surface area contributed by atoms with Crippen molar-refractivity contribution < 1.29 is 4.74 Å². The summed E-state index contributed by atoms with van der Waals surface area (Å²) < 4.78 is 8.14.